The van der Waals surface area contributed by atoms with Gasteiger partial charge in [0.15, 0.2) is 6.10 Å². The SMILES string of the molecule is CCN(CC)S(=O)(=O)c1cc(NC(=O)C(C)Oc2cccc(F)c2)ccc1C. The molecule has 0 fully saturated rings. The van der Waals surface area contributed by atoms with Gasteiger partial charge in [-0.3, -0.25) is 4.79 Å². The van der Waals surface area contributed by atoms with E-state index in [0.29, 0.717) is 24.3 Å². The molecule has 28 heavy (non-hydrogen) atoms. The van der Waals surface area contributed by atoms with Crippen LogP contribution in [0.2, 0.25) is 0 Å². The van der Waals surface area contributed by atoms with Gasteiger partial charge in [0, 0.05) is 24.8 Å². The lowest BCUT2D eigenvalue weighted by Gasteiger charge is -2.20. The number of anilines is 1. The monoisotopic (exact) mass is 408 g/mol. The molecule has 0 bridgehead atoms. The predicted octanol–water partition coefficient (Wildman–Crippen LogP) is 3.57. The Labute approximate surface area is 165 Å². The first-order valence-corrected chi connectivity index (χ1v) is 10.5. The molecule has 152 valence electrons. The molecule has 0 aliphatic rings. The molecule has 1 unspecified atom stereocenters. The number of hydrogen-bond acceptors (Lipinski definition) is 4. The largest absolute Gasteiger partial charge is 0.481 e. The molecule has 6 nitrogen and oxygen atoms in total. The van der Waals surface area contributed by atoms with Crippen LogP contribution in [-0.4, -0.2) is 37.8 Å². The summed E-state index contributed by atoms with van der Waals surface area (Å²) >= 11 is 0. The van der Waals surface area contributed by atoms with Gasteiger partial charge in [-0.15, -0.1) is 0 Å². The Balaban J connectivity index is 2.19. The van der Waals surface area contributed by atoms with Crippen LogP contribution in [-0.2, 0) is 14.8 Å². The Hall–Kier alpha value is -2.45. The van der Waals surface area contributed by atoms with Crippen molar-refractivity contribution in [1.29, 1.82) is 0 Å². The quantitative estimate of drug-likeness (QED) is 0.725. The maximum absolute atomic E-state index is 13.2. The average Bonchev–Trinajstić information content (AvgIpc) is 2.63. The molecule has 0 spiro atoms. The van der Waals surface area contributed by atoms with E-state index >= 15 is 0 Å². The number of aryl methyl sites for hydroxylation is 1. The van der Waals surface area contributed by atoms with Gasteiger partial charge in [-0.1, -0.05) is 26.0 Å². The number of ether oxygens (including phenoxy) is 1. The minimum absolute atomic E-state index is 0.146. The molecular weight excluding hydrogens is 383 g/mol. The lowest BCUT2D eigenvalue weighted by Crippen LogP contribution is -2.32. The number of hydrogen-bond donors (Lipinski definition) is 1. The third-order valence-electron chi connectivity index (χ3n) is 4.26. The molecule has 0 heterocycles. The second-order valence-electron chi connectivity index (χ2n) is 6.28. The standard InChI is InChI=1S/C20H25FN2O4S/c1-5-23(6-2)28(25,26)19-13-17(11-10-14(19)3)22-20(24)15(4)27-18-9-7-8-16(21)12-18/h7-13,15H,5-6H2,1-4H3,(H,22,24). The fraction of sp³-hybridized carbons (Fsp3) is 0.350. The summed E-state index contributed by atoms with van der Waals surface area (Å²) in [6.45, 7) is 7.49. The lowest BCUT2D eigenvalue weighted by atomic mass is 10.2. The van der Waals surface area contributed by atoms with Crippen molar-refractivity contribution in [2.24, 2.45) is 0 Å². The van der Waals surface area contributed by atoms with Crippen LogP contribution in [0.1, 0.15) is 26.3 Å². The van der Waals surface area contributed by atoms with Gasteiger partial charge >= 0.3 is 0 Å². The number of carbonyl (C=O) groups is 1. The number of rotatable bonds is 8. The minimum Gasteiger partial charge on any atom is -0.481 e. The van der Waals surface area contributed by atoms with Crippen molar-refractivity contribution in [2.75, 3.05) is 18.4 Å². The maximum atomic E-state index is 13.2. The van der Waals surface area contributed by atoms with Crippen molar-refractivity contribution in [1.82, 2.24) is 4.31 Å². The molecule has 2 aromatic carbocycles. The van der Waals surface area contributed by atoms with Crippen molar-refractivity contribution in [3.63, 3.8) is 0 Å². The van der Waals surface area contributed by atoms with Gasteiger partial charge in [-0.25, -0.2) is 12.8 Å². The summed E-state index contributed by atoms with van der Waals surface area (Å²) in [5.74, 6) is -0.703. The van der Waals surface area contributed by atoms with Gasteiger partial charge in [0.25, 0.3) is 5.91 Å². The van der Waals surface area contributed by atoms with E-state index in [1.54, 1.807) is 39.0 Å². The summed E-state index contributed by atoms with van der Waals surface area (Å²) in [5, 5.41) is 2.65. The number of carbonyl (C=O) groups excluding carboxylic acids is 1. The van der Waals surface area contributed by atoms with Crippen LogP contribution in [0.15, 0.2) is 47.4 Å². The summed E-state index contributed by atoms with van der Waals surface area (Å²) in [5.41, 5.74) is 0.935. The molecule has 0 saturated carbocycles. The average molecular weight is 408 g/mol. The fourth-order valence-electron chi connectivity index (χ4n) is 2.70. The highest BCUT2D eigenvalue weighted by molar-refractivity contribution is 7.89. The number of halogens is 1. The van der Waals surface area contributed by atoms with E-state index in [0.717, 1.165) is 0 Å². The predicted molar refractivity (Wildman–Crippen MR) is 106 cm³/mol. The Morgan fingerprint density at radius 3 is 2.46 bits per heavy atom. The lowest BCUT2D eigenvalue weighted by molar-refractivity contribution is -0.122. The first-order chi connectivity index (χ1) is 13.2. The van der Waals surface area contributed by atoms with Crippen molar-refractivity contribution in [3.8, 4) is 5.75 Å². The Morgan fingerprint density at radius 2 is 1.86 bits per heavy atom. The molecule has 1 amide bonds. The van der Waals surface area contributed by atoms with Gasteiger partial charge in [-0.05, 0) is 43.7 Å². The van der Waals surface area contributed by atoms with Gasteiger partial charge < -0.3 is 10.1 Å². The Morgan fingerprint density at radius 1 is 1.18 bits per heavy atom. The summed E-state index contributed by atoms with van der Waals surface area (Å²) in [6, 6.07) is 10.2. The zero-order valence-corrected chi connectivity index (χ0v) is 17.2. The maximum Gasteiger partial charge on any atom is 0.265 e. The Kier molecular flexibility index (Phi) is 7.15. The van der Waals surface area contributed by atoms with E-state index in [2.05, 4.69) is 5.32 Å². The van der Waals surface area contributed by atoms with Crippen molar-refractivity contribution in [2.45, 2.75) is 38.7 Å². The highest BCUT2D eigenvalue weighted by Crippen LogP contribution is 2.24. The molecule has 1 N–H and O–H groups in total. The van der Waals surface area contributed by atoms with Gasteiger partial charge in [-0.2, -0.15) is 4.31 Å². The molecular formula is C20H25FN2O4S. The van der Waals surface area contributed by atoms with Crippen LogP contribution < -0.4 is 10.1 Å². The van der Waals surface area contributed by atoms with E-state index in [1.807, 2.05) is 0 Å². The smallest absolute Gasteiger partial charge is 0.265 e. The van der Waals surface area contributed by atoms with Crippen molar-refractivity contribution in [3.05, 3.63) is 53.8 Å². The molecule has 2 rings (SSSR count). The normalized spacial score (nSPS) is 12.6. The van der Waals surface area contributed by atoms with Crippen LogP contribution in [0.3, 0.4) is 0 Å². The minimum atomic E-state index is -3.65. The molecule has 0 aliphatic heterocycles. The number of amides is 1. The highest BCUT2D eigenvalue weighted by Gasteiger charge is 2.24. The third-order valence-corrected chi connectivity index (χ3v) is 6.45. The first-order valence-electron chi connectivity index (χ1n) is 9.03. The summed E-state index contributed by atoms with van der Waals surface area (Å²) in [6.07, 6.45) is -0.897. The topological polar surface area (TPSA) is 75.7 Å². The van der Waals surface area contributed by atoms with Crippen molar-refractivity contribution >= 4 is 21.6 Å². The van der Waals surface area contributed by atoms with Gasteiger partial charge in [0.1, 0.15) is 11.6 Å². The molecule has 1 atom stereocenters. The molecule has 0 aliphatic carbocycles. The van der Waals surface area contributed by atoms with Crippen LogP contribution in [0.25, 0.3) is 0 Å². The fourth-order valence-corrected chi connectivity index (χ4v) is 4.41. The zero-order chi connectivity index (χ0) is 20.9. The summed E-state index contributed by atoms with van der Waals surface area (Å²) in [4.78, 5) is 12.6. The number of sulfonamides is 1. The number of benzene rings is 2. The van der Waals surface area contributed by atoms with E-state index in [9.17, 15) is 17.6 Å². The van der Waals surface area contributed by atoms with E-state index in [4.69, 9.17) is 4.74 Å². The van der Waals surface area contributed by atoms with E-state index in [-0.39, 0.29) is 10.6 Å². The zero-order valence-electron chi connectivity index (χ0n) is 16.4. The van der Waals surface area contributed by atoms with Crippen LogP contribution in [0.4, 0.5) is 10.1 Å². The van der Waals surface area contributed by atoms with Gasteiger partial charge in [0.05, 0.1) is 4.90 Å². The van der Waals surface area contributed by atoms with Gasteiger partial charge in [0.2, 0.25) is 10.0 Å². The molecule has 2 aromatic rings. The van der Waals surface area contributed by atoms with Crippen LogP contribution in [0.5, 0.6) is 5.75 Å². The number of nitrogens with zero attached hydrogens (tertiary/aromatic N) is 1. The molecule has 0 radical (unpaired) electrons. The molecule has 0 saturated heterocycles. The summed E-state index contributed by atoms with van der Waals surface area (Å²) < 4.78 is 45.7. The second kappa shape index (κ2) is 9.16. The molecule has 0 aromatic heterocycles. The number of nitrogens with one attached hydrogen (secondary N) is 1. The second-order valence-corrected chi connectivity index (χ2v) is 8.18. The van der Waals surface area contributed by atoms with E-state index < -0.39 is 27.9 Å². The van der Waals surface area contributed by atoms with Crippen molar-refractivity contribution < 1.29 is 22.3 Å². The van der Waals surface area contributed by atoms with Crippen LogP contribution in [0, 0.1) is 12.7 Å². The molecule has 8 heteroatoms. The highest BCUT2D eigenvalue weighted by atomic mass is 32.2. The third kappa shape index (κ3) is 5.08. The van der Waals surface area contributed by atoms with Crippen LogP contribution >= 0.6 is 0 Å². The summed E-state index contributed by atoms with van der Waals surface area (Å²) in [7, 11) is -3.65. The Bertz CT molecular complexity index is 943. The van der Waals surface area contributed by atoms with E-state index in [1.165, 1.54) is 35.5 Å². The first kappa shape index (κ1) is 21.8.